The Labute approximate surface area is 263 Å². The average molecular weight is 672 g/mol. The number of aliphatic hydroxyl groups excluding tert-OH is 1. The van der Waals surface area contributed by atoms with Crippen molar-refractivity contribution in [2.45, 2.75) is 82.0 Å². The molecule has 1 unspecified atom stereocenters. The monoisotopic (exact) mass is 671 g/mol. The molecule has 0 radical (unpaired) electrons. The number of amides is 1. The number of esters is 2. The summed E-state index contributed by atoms with van der Waals surface area (Å²) in [6, 6.07) is 7.20. The first-order valence-corrected chi connectivity index (χ1v) is 14.0. The van der Waals surface area contributed by atoms with Gasteiger partial charge in [0.1, 0.15) is 18.3 Å². The van der Waals surface area contributed by atoms with Crippen LogP contribution in [0.1, 0.15) is 47.4 Å². The first-order chi connectivity index (χ1) is 22.0. The smallest absolute Gasteiger partial charge is 0.456 e. The molecule has 2 fully saturated rings. The Balaban J connectivity index is 1.51. The second-order valence-corrected chi connectivity index (χ2v) is 10.6. The Morgan fingerprint density at radius 1 is 0.830 bits per heavy atom. The van der Waals surface area contributed by atoms with Crippen LogP contribution >= 0.6 is 0 Å². The van der Waals surface area contributed by atoms with Crippen molar-refractivity contribution >= 4 is 29.2 Å². The van der Waals surface area contributed by atoms with E-state index in [1.54, 1.807) is 5.32 Å². The summed E-state index contributed by atoms with van der Waals surface area (Å²) in [6.07, 6.45) is -14.9. The van der Waals surface area contributed by atoms with E-state index in [9.17, 15) is 52.9 Å². The van der Waals surface area contributed by atoms with Gasteiger partial charge in [-0.2, -0.15) is 13.2 Å². The Morgan fingerprint density at radius 2 is 1.32 bits per heavy atom. The van der Waals surface area contributed by atoms with Crippen LogP contribution in [0.2, 0.25) is 0 Å². The first kappa shape index (κ1) is 35.1. The maximum absolute atomic E-state index is 13.2. The summed E-state index contributed by atoms with van der Waals surface area (Å²) < 4.78 is 67.8. The third kappa shape index (κ3) is 8.76. The number of alkyl halides is 3. The van der Waals surface area contributed by atoms with Gasteiger partial charge in [0.2, 0.25) is 0 Å². The molecule has 2 aromatic carbocycles. The lowest BCUT2D eigenvalue weighted by atomic mass is 9.97. The molecule has 19 heteroatoms. The molecule has 0 saturated carbocycles. The van der Waals surface area contributed by atoms with Gasteiger partial charge in [0, 0.05) is 37.1 Å². The molecule has 2 aromatic rings. The number of hydrogen-bond acceptors (Lipinski definition) is 13. The lowest BCUT2D eigenvalue weighted by Crippen LogP contribution is -2.60. The van der Waals surface area contributed by atoms with Gasteiger partial charge >= 0.3 is 24.0 Å². The number of halogens is 3. The highest BCUT2D eigenvalue weighted by atomic mass is 19.4. The minimum absolute atomic E-state index is 0.0573. The summed E-state index contributed by atoms with van der Waals surface area (Å²) in [6.45, 7) is 2.80. The number of rotatable bonds is 9. The number of non-ortho nitro benzene ring substituents is 2. The average Bonchev–Trinajstić information content (AvgIpc) is 3.00. The van der Waals surface area contributed by atoms with Crippen molar-refractivity contribution in [1.82, 2.24) is 5.32 Å². The number of carbonyl (C=O) groups is 3. The number of nitro groups is 2. The van der Waals surface area contributed by atoms with E-state index >= 15 is 0 Å². The molecule has 0 aliphatic carbocycles. The zero-order chi connectivity index (χ0) is 34.6. The minimum Gasteiger partial charge on any atom is -0.456 e. The van der Waals surface area contributed by atoms with Gasteiger partial charge < -0.3 is 34.1 Å². The minimum atomic E-state index is -5.30. The van der Waals surface area contributed by atoms with E-state index in [-0.39, 0.29) is 28.9 Å². The van der Waals surface area contributed by atoms with Crippen LogP contribution in [0, 0.1) is 20.2 Å². The molecule has 2 aliphatic rings. The molecule has 1 amide bonds. The summed E-state index contributed by atoms with van der Waals surface area (Å²) in [5.41, 5.74) is -0.814. The van der Waals surface area contributed by atoms with Crippen LogP contribution < -0.4 is 5.32 Å². The number of hydrogen-bond donors (Lipinski definition) is 2. The highest BCUT2D eigenvalue weighted by molar-refractivity contribution is 5.90. The van der Waals surface area contributed by atoms with Gasteiger partial charge in [-0.25, -0.2) is 9.59 Å². The molecule has 2 saturated heterocycles. The molecule has 0 bridgehead atoms. The van der Waals surface area contributed by atoms with Gasteiger partial charge in [0.05, 0.1) is 39.2 Å². The van der Waals surface area contributed by atoms with E-state index in [0.29, 0.717) is 0 Å². The van der Waals surface area contributed by atoms with Crippen molar-refractivity contribution in [1.29, 1.82) is 0 Å². The predicted molar refractivity (Wildman–Crippen MR) is 148 cm³/mol. The maximum atomic E-state index is 13.2. The van der Waals surface area contributed by atoms with Crippen molar-refractivity contribution in [2.75, 3.05) is 0 Å². The summed E-state index contributed by atoms with van der Waals surface area (Å²) in [5, 5.41) is 33.8. The van der Waals surface area contributed by atoms with Crippen molar-refractivity contribution in [3.05, 3.63) is 79.9 Å². The number of benzene rings is 2. The summed E-state index contributed by atoms with van der Waals surface area (Å²) in [5.74, 6) is -4.32. The van der Waals surface area contributed by atoms with Crippen LogP contribution in [0.25, 0.3) is 0 Å². The normalized spacial score (nSPS) is 27.7. The van der Waals surface area contributed by atoms with Crippen LogP contribution in [0.15, 0.2) is 48.5 Å². The molecule has 47 heavy (non-hydrogen) atoms. The molecular weight excluding hydrogens is 643 g/mol. The van der Waals surface area contributed by atoms with Crippen molar-refractivity contribution in [3.63, 3.8) is 0 Å². The maximum Gasteiger partial charge on any atom is 0.471 e. The zero-order valence-corrected chi connectivity index (χ0v) is 24.5. The Hall–Kier alpha value is -4.72. The topological polar surface area (TPSA) is 216 Å². The van der Waals surface area contributed by atoms with E-state index in [1.165, 1.54) is 13.8 Å². The molecular formula is C28H28F3N3O13. The first-order valence-electron chi connectivity index (χ1n) is 14.0. The highest BCUT2D eigenvalue weighted by Crippen LogP contribution is 2.32. The third-order valence-electron chi connectivity index (χ3n) is 7.32. The fourth-order valence-electron chi connectivity index (χ4n) is 5.04. The fraction of sp³-hybridized carbons (Fsp3) is 0.464. The number of ether oxygens (including phenoxy) is 5. The van der Waals surface area contributed by atoms with E-state index < -0.39 is 89.4 Å². The molecule has 2 heterocycles. The van der Waals surface area contributed by atoms with E-state index in [4.69, 9.17) is 23.7 Å². The number of carbonyl (C=O) groups excluding carboxylic acids is 3. The Bertz CT molecular complexity index is 1490. The van der Waals surface area contributed by atoms with Gasteiger partial charge in [0.15, 0.2) is 12.6 Å². The quantitative estimate of drug-likeness (QED) is 0.223. The fourth-order valence-corrected chi connectivity index (χ4v) is 5.04. The number of nitrogens with zero attached hydrogens (tertiary/aromatic N) is 2. The summed E-state index contributed by atoms with van der Waals surface area (Å²) >= 11 is 0. The van der Waals surface area contributed by atoms with Crippen LogP contribution in [0.4, 0.5) is 24.5 Å². The molecule has 8 atom stereocenters. The standard InChI is InChI=1S/C28H28F3N3O13/c1-13-23(47-26(37)16-5-9-18(10-6-16)34(41)42)19(32-27(38)28(29,30)31)11-22(44-13)46-24-14(2)43-21(35)12-20(24)45-25(36)15-3-7-17(8-4-15)33(39)40/h3-10,13-14,19-24,35H,11-12H2,1-2H3,(H,32,38)/t13-,14-,19-,20-,21?,22-,23+,24-/m0/s1. The molecule has 0 spiro atoms. The van der Waals surface area contributed by atoms with Crippen molar-refractivity contribution in [3.8, 4) is 0 Å². The predicted octanol–water partition coefficient (Wildman–Crippen LogP) is 2.95. The lowest BCUT2D eigenvalue weighted by Gasteiger charge is -2.44. The number of nitro benzene ring substituents is 2. The molecule has 254 valence electrons. The van der Waals surface area contributed by atoms with Crippen molar-refractivity contribution < 1.29 is 66.2 Å². The largest absolute Gasteiger partial charge is 0.471 e. The van der Waals surface area contributed by atoms with E-state index in [0.717, 1.165) is 48.5 Å². The molecule has 16 nitrogen and oxygen atoms in total. The van der Waals surface area contributed by atoms with Crippen LogP contribution in [-0.2, 0) is 28.5 Å². The van der Waals surface area contributed by atoms with Crippen LogP contribution in [0.5, 0.6) is 0 Å². The Kier molecular flexibility index (Phi) is 10.7. The summed E-state index contributed by atoms with van der Waals surface area (Å²) in [7, 11) is 0. The van der Waals surface area contributed by atoms with E-state index in [1.807, 2.05) is 0 Å². The van der Waals surface area contributed by atoms with Gasteiger partial charge in [-0.3, -0.25) is 25.0 Å². The molecule has 4 rings (SSSR count). The third-order valence-corrected chi connectivity index (χ3v) is 7.32. The molecule has 2 N–H and O–H groups in total. The van der Waals surface area contributed by atoms with Gasteiger partial charge in [-0.05, 0) is 38.1 Å². The van der Waals surface area contributed by atoms with Crippen LogP contribution in [-0.4, -0.2) is 88.1 Å². The SMILES string of the molecule is C[C@@H]1O[C@@H](O[C@H]2[C@H](C)OC(O)C[C@@H]2OC(=O)c2ccc([N+](=O)[O-])cc2)C[C@H](NC(=O)C(F)(F)F)[C@@H]1OC(=O)c1ccc([N+](=O)[O-])cc1. The van der Waals surface area contributed by atoms with Gasteiger partial charge in [-0.1, -0.05) is 0 Å². The molecule has 2 aliphatic heterocycles. The second kappa shape index (κ2) is 14.4. The van der Waals surface area contributed by atoms with Crippen molar-refractivity contribution in [2.24, 2.45) is 0 Å². The zero-order valence-electron chi connectivity index (χ0n) is 24.5. The number of aliphatic hydroxyl groups is 1. The second-order valence-electron chi connectivity index (χ2n) is 10.6. The van der Waals surface area contributed by atoms with Gasteiger partial charge in [-0.15, -0.1) is 0 Å². The lowest BCUT2D eigenvalue weighted by molar-refractivity contribution is -0.385. The molecule has 0 aromatic heterocycles. The highest BCUT2D eigenvalue weighted by Gasteiger charge is 2.48. The Morgan fingerprint density at radius 3 is 1.81 bits per heavy atom. The number of nitrogens with one attached hydrogen (secondary N) is 1. The van der Waals surface area contributed by atoms with E-state index in [2.05, 4.69) is 0 Å². The van der Waals surface area contributed by atoms with Gasteiger partial charge in [0.25, 0.3) is 11.4 Å². The summed E-state index contributed by atoms with van der Waals surface area (Å²) in [4.78, 5) is 58.1. The van der Waals surface area contributed by atoms with Crippen LogP contribution in [0.3, 0.4) is 0 Å².